The van der Waals surface area contributed by atoms with Crippen molar-refractivity contribution in [1.29, 1.82) is 0 Å². The third-order valence-electron chi connectivity index (χ3n) is 7.34. The number of fused-ring (bicyclic) bond motifs is 1. The Labute approximate surface area is 203 Å². The molecule has 0 aliphatic carbocycles. The van der Waals surface area contributed by atoms with E-state index in [0.29, 0.717) is 43.7 Å². The summed E-state index contributed by atoms with van der Waals surface area (Å²) < 4.78 is 4.51. The molecule has 1 aromatic rings. The van der Waals surface area contributed by atoms with Gasteiger partial charge in [-0.05, 0) is 56.4 Å². The number of rotatable bonds is 11. The normalized spacial score (nSPS) is 29.2. The van der Waals surface area contributed by atoms with Gasteiger partial charge in [0, 0.05) is 30.6 Å². The summed E-state index contributed by atoms with van der Waals surface area (Å²) in [6.45, 7) is 4.53. The van der Waals surface area contributed by atoms with Gasteiger partial charge in [0.2, 0.25) is 5.91 Å². The number of hydrogen-bond donors (Lipinski definition) is 2. The topological polar surface area (TPSA) is 107 Å². The van der Waals surface area contributed by atoms with Gasteiger partial charge in [0.25, 0.3) is 5.91 Å². The molecule has 3 aliphatic heterocycles. The van der Waals surface area contributed by atoms with Crippen molar-refractivity contribution in [2.75, 3.05) is 31.7 Å². The quantitative estimate of drug-likeness (QED) is 0.364. The van der Waals surface area contributed by atoms with Crippen molar-refractivity contribution in [1.82, 2.24) is 4.90 Å². The van der Waals surface area contributed by atoms with E-state index in [4.69, 9.17) is 9.84 Å². The molecule has 2 amide bonds. The smallest absolute Gasteiger partial charge is 0.308 e. The van der Waals surface area contributed by atoms with E-state index in [1.165, 1.54) is 11.8 Å². The first-order valence-electron chi connectivity index (χ1n) is 11.8. The van der Waals surface area contributed by atoms with Crippen LogP contribution >= 0.6 is 11.8 Å². The minimum Gasteiger partial charge on any atom is -0.497 e. The Morgan fingerprint density at radius 3 is 2.65 bits per heavy atom. The van der Waals surface area contributed by atoms with Crippen LogP contribution in [0.2, 0.25) is 0 Å². The average molecular weight is 489 g/mol. The molecule has 184 valence electrons. The number of thioether (sulfide) groups is 1. The molecule has 0 aromatic heterocycles. The lowest BCUT2D eigenvalue weighted by Crippen LogP contribution is -2.55. The number of aliphatic carboxylic acids is 1. The number of ether oxygens (including phenoxy) is 1. The van der Waals surface area contributed by atoms with Crippen LogP contribution in [-0.2, 0) is 14.4 Å². The number of anilines is 1. The number of likely N-dealkylation sites (tertiary alicyclic amines) is 1. The average Bonchev–Trinajstić information content (AvgIpc) is 3.47. The predicted molar refractivity (Wildman–Crippen MR) is 130 cm³/mol. The number of carbonyl (C=O) groups excluding carboxylic acids is 2. The third-order valence-corrected chi connectivity index (χ3v) is 9.29. The molecule has 1 spiro atoms. The van der Waals surface area contributed by atoms with Crippen molar-refractivity contribution in [2.24, 2.45) is 11.8 Å². The zero-order valence-electron chi connectivity index (χ0n) is 19.4. The van der Waals surface area contributed by atoms with Gasteiger partial charge in [-0.1, -0.05) is 6.08 Å². The summed E-state index contributed by atoms with van der Waals surface area (Å²) in [5, 5.41) is 18.9. The van der Waals surface area contributed by atoms with Gasteiger partial charge in [-0.3, -0.25) is 14.4 Å². The maximum Gasteiger partial charge on any atom is 0.308 e. The summed E-state index contributed by atoms with van der Waals surface area (Å²) in [5.41, 5.74) is 0.672. The van der Waals surface area contributed by atoms with Crippen LogP contribution in [0.3, 0.4) is 0 Å². The summed E-state index contributed by atoms with van der Waals surface area (Å²) in [6, 6.07) is 6.43. The van der Waals surface area contributed by atoms with Gasteiger partial charge in [0.1, 0.15) is 11.8 Å². The largest absolute Gasteiger partial charge is 0.497 e. The van der Waals surface area contributed by atoms with Gasteiger partial charge < -0.3 is 24.7 Å². The van der Waals surface area contributed by atoms with E-state index in [-0.39, 0.29) is 30.2 Å². The number of methoxy groups -OCH3 is 1. The number of aliphatic hydroxyl groups is 1. The molecular weight excluding hydrogens is 456 g/mol. The monoisotopic (exact) mass is 488 g/mol. The molecule has 3 heterocycles. The number of benzene rings is 1. The van der Waals surface area contributed by atoms with Crippen molar-refractivity contribution in [3.05, 3.63) is 36.9 Å². The highest BCUT2D eigenvalue weighted by atomic mass is 32.2. The zero-order chi connectivity index (χ0) is 24.5. The summed E-state index contributed by atoms with van der Waals surface area (Å²) in [7, 11) is 1.58. The van der Waals surface area contributed by atoms with E-state index in [9.17, 15) is 19.5 Å². The van der Waals surface area contributed by atoms with Gasteiger partial charge in [0.05, 0.1) is 23.7 Å². The molecule has 2 N–H and O–H groups in total. The SMILES string of the molecule is C=CCN(C(=O)C1N(CCCCCO)C(=O)[C@@H]2[C@H](C(=O)O)[C@@H]3CCC12S3)c1ccc(OC)cc1. The third kappa shape index (κ3) is 3.98. The van der Waals surface area contributed by atoms with E-state index >= 15 is 0 Å². The molecule has 0 radical (unpaired) electrons. The Bertz CT molecular complexity index is 953. The maximum absolute atomic E-state index is 14.2. The highest BCUT2D eigenvalue weighted by Crippen LogP contribution is 2.66. The molecule has 5 atom stereocenters. The van der Waals surface area contributed by atoms with Crippen LogP contribution in [0, 0.1) is 11.8 Å². The van der Waals surface area contributed by atoms with Crippen LogP contribution in [0.1, 0.15) is 32.1 Å². The molecule has 8 nitrogen and oxygen atoms in total. The van der Waals surface area contributed by atoms with Crippen LogP contribution in [0.5, 0.6) is 5.75 Å². The van der Waals surface area contributed by atoms with Gasteiger partial charge in [-0.25, -0.2) is 0 Å². The molecule has 4 rings (SSSR count). The van der Waals surface area contributed by atoms with Crippen molar-refractivity contribution < 1.29 is 29.3 Å². The summed E-state index contributed by atoms with van der Waals surface area (Å²) in [5.74, 6) is -2.17. The lowest BCUT2D eigenvalue weighted by molar-refractivity contribution is -0.148. The van der Waals surface area contributed by atoms with Crippen LogP contribution < -0.4 is 9.64 Å². The number of nitrogens with zero attached hydrogens (tertiary/aromatic N) is 2. The van der Waals surface area contributed by atoms with Crippen LogP contribution in [0.15, 0.2) is 36.9 Å². The Morgan fingerprint density at radius 2 is 2.03 bits per heavy atom. The highest BCUT2D eigenvalue weighted by molar-refractivity contribution is 8.02. The first kappa shape index (κ1) is 24.6. The lowest BCUT2D eigenvalue weighted by atomic mass is 9.71. The van der Waals surface area contributed by atoms with Crippen molar-refractivity contribution in [3.8, 4) is 5.75 Å². The molecule has 3 aliphatic rings. The fourth-order valence-electron chi connectivity index (χ4n) is 5.89. The number of hydrogen-bond acceptors (Lipinski definition) is 6. The van der Waals surface area contributed by atoms with E-state index in [0.717, 1.165) is 6.42 Å². The van der Waals surface area contributed by atoms with Gasteiger partial charge in [-0.2, -0.15) is 0 Å². The molecule has 3 saturated heterocycles. The van der Waals surface area contributed by atoms with Crippen LogP contribution in [-0.4, -0.2) is 75.7 Å². The lowest BCUT2D eigenvalue weighted by Gasteiger charge is -2.37. The van der Waals surface area contributed by atoms with E-state index < -0.39 is 28.6 Å². The number of amides is 2. The Hall–Kier alpha value is -2.52. The molecule has 1 aromatic carbocycles. The molecular formula is C25H32N2O6S. The fraction of sp³-hybridized carbons (Fsp3) is 0.560. The van der Waals surface area contributed by atoms with Gasteiger partial charge in [-0.15, -0.1) is 18.3 Å². The molecule has 9 heteroatoms. The first-order valence-corrected chi connectivity index (χ1v) is 12.7. The summed E-state index contributed by atoms with van der Waals surface area (Å²) >= 11 is 1.53. The van der Waals surface area contributed by atoms with E-state index in [1.54, 1.807) is 47.3 Å². The molecule has 3 fully saturated rings. The molecule has 2 bridgehead atoms. The molecule has 34 heavy (non-hydrogen) atoms. The summed E-state index contributed by atoms with van der Waals surface area (Å²) in [4.78, 5) is 43.3. The van der Waals surface area contributed by atoms with Crippen molar-refractivity contribution >= 4 is 35.2 Å². The minimum absolute atomic E-state index is 0.0755. The zero-order valence-corrected chi connectivity index (χ0v) is 20.2. The van der Waals surface area contributed by atoms with Crippen molar-refractivity contribution in [3.63, 3.8) is 0 Å². The fourth-order valence-corrected chi connectivity index (χ4v) is 8.09. The van der Waals surface area contributed by atoms with Crippen LogP contribution in [0.4, 0.5) is 5.69 Å². The number of carbonyl (C=O) groups is 3. The Morgan fingerprint density at radius 1 is 1.29 bits per heavy atom. The minimum atomic E-state index is -0.955. The standard InChI is InChI=1S/C25H32N2O6S/c1-3-13-26(16-7-9-17(33-2)10-8-16)23(30)21-25-12-11-18(34-25)19(24(31)32)20(25)22(29)27(21)14-5-4-6-15-28/h3,7-10,18-21,28H,1,4-6,11-15H2,2H3,(H,31,32)/t18-,19+,20-,21?,25?/m0/s1. The van der Waals surface area contributed by atoms with E-state index in [2.05, 4.69) is 6.58 Å². The van der Waals surface area contributed by atoms with Crippen LogP contribution in [0.25, 0.3) is 0 Å². The number of unbranched alkanes of at least 4 members (excludes halogenated alkanes) is 2. The number of carboxylic acid groups (broad SMARTS) is 1. The maximum atomic E-state index is 14.2. The van der Waals surface area contributed by atoms with Gasteiger partial charge in [0.15, 0.2) is 0 Å². The number of aliphatic hydroxyl groups excluding tert-OH is 1. The van der Waals surface area contributed by atoms with Gasteiger partial charge >= 0.3 is 5.97 Å². The second-order valence-electron chi connectivity index (χ2n) is 9.15. The molecule has 2 unspecified atom stereocenters. The summed E-state index contributed by atoms with van der Waals surface area (Å²) in [6.07, 6.45) is 4.99. The van der Waals surface area contributed by atoms with Crippen molar-refractivity contribution in [2.45, 2.75) is 48.1 Å². The second-order valence-corrected chi connectivity index (χ2v) is 10.7. The first-order chi connectivity index (χ1) is 16.4. The second kappa shape index (κ2) is 10.00. The Kier molecular flexibility index (Phi) is 7.23. The predicted octanol–water partition coefficient (Wildman–Crippen LogP) is 2.55. The Balaban J connectivity index is 1.71. The van der Waals surface area contributed by atoms with E-state index in [1.807, 2.05) is 0 Å². The molecule has 0 saturated carbocycles. The highest BCUT2D eigenvalue weighted by Gasteiger charge is 2.73. The number of carboxylic acids is 1.